The van der Waals surface area contributed by atoms with E-state index in [-0.39, 0.29) is 5.41 Å². The molecular weight excluding hydrogens is 294 g/mol. The summed E-state index contributed by atoms with van der Waals surface area (Å²) in [6.07, 6.45) is 2.84. The summed E-state index contributed by atoms with van der Waals surface area (Å²) in [5.41, 5.74) is 1.44. The van der Waals surface area contributed by atoms with Gasteiger partial charge in [0.2, 0.25) is 0 Å². The molecule has 4 nitrogen and oxygen atoms in total. The quantitative estimate of drug-likeness (QED) is 0.662. The third-order valence-corrected chi connectivity index (χ3v) is 5.70. The average Bonchev–Trinajstić information content (AvgIpc) is 3.03. The Morgan fingerprint density at radius 3 is 3.09 bits per heavy atom. The van der Waals surface area contributed by atoms with Gasteiger partial charge in [-0.25, -0.2) is 4.99 Å². The van der Waals surface area contributed by atoms with Crippen LogP contribution in [0.25, 0.3) is 0 Å². The number of nitrogens with zero attached hydrogens (tertiary/aromatic N) is 1. The molecule has 0 spiro atoms. The Balaban J connectivity index is 1.66. The molecule has 2 aliphatic rings. The predicted molar refractivity (Wildman–Crippen MR) is 92.3 cm³/mol. The lowest BCUT2D eigenvalue weighted by atomic mass is 9.55. The Morgan fingerprint density at radius 2 is 2.36 bits per heavy atom. The largest absolute Gasteiger partial charge is 0.377 e. The SMILES string of the molecule is CCNC(=NCc1ccsc1)NC1C2CCCOC2C1(C)C. The van der Waals surface area contributed by atoms with E-state index in [0.717, 1.165) is 25.7 Å². The lowest BCUT2D eigenvalue weighted by Crippen LogP contribution is -2.71. The zero-order valence-electron chi connectivity index (χ0n) is 13.8. The molecule has 3 atom stereocenters. The molecule has 0 bridgehead atoms. The van der Waals surface area contributed by atoms with Crippen LogP contribution < -0.4 is 10.6 Å². The lowest BCUT2D eigenvalue weighted by molar-refractivity contribution is -0.188. The minimum atomic E-state index is 0.170. The maximum Gasteiger partial charge on any atom is 0.191 e. The van der Waals surface area contributed by atoms with Crippen molar-refractivity contribution in [3.05, 3.63) is 22.4 Å². The maximum atomic E-state index is 5.98. The van der Waals surface area contributed by atoms with E-state index in [1.807, 2.05) is 0 Å². The van der Waals surface area contributed by atoms with Crippen molar-refractivity contribution >= 4 is 17.3 Å². The van der Waals surface area contributed by atoms with E-state index in [0.29, 0.717) is 18.1 Å². The standard InChI is InChI=1S/C17H27N3OS/c1-4-18-16(19-10-12-7-9-22-11-12)20-14-13-6-5-8-21-15(13)17(14,2)3/h7,9,11,13-15H,4-6,8,10H2,1-3H3,(H2,18,19,20). The fourth-order valence-corrected chi connectivity index (χ4v) is 4.50. The van der Waals surface area contributed by atoms with Gasteiger partial charge < -0.3 is 15.4 Å². The average molecular weight is 321 g/mol. The maximum absolute atomic E-state index is 5.98. The van der Waals surface area contributed by atoms with Gasteiger partial charge in [0, 0.05) is 30.5 Å². The number of guanidine groups is 1. The van der Waals surface area contributed by atoms with E-state index < -0.39 is 0 Å². The highest BCUT2D eigenvalue weighted by molar-refractivity contribution is 7.07. The first-order valence-electron chi connectivity index (χ1n) is 8.30. The van der Waals surface area contributed by atoms with Crippen LogP contribution in [0.4, 0.5) is 0 Å². The first-order chi connectivity index (χ1) is 10.6. The van der Waals surface area contributed by atoms with Gasteiger partial charge in [0.1, 0.15) is 0 Å². The van der Waals surface area contributed by atoms with Gasteiger partial charge in [-0.05, 0) is 42.2 Å². The van der Waals surface area contributed by atoms with E-state index >= 15 is 0 Å². The molecule has 2 heterocycles. The molecule has 1 aromatic rings. The second-order valence-corrected chi connectivity index (χ2v) is 7.65. The summed E-state index contributed by atoms with van der Waals surface area (Å²) in [5, 5.41) is 11.3. The molecule has 0 aromatic carbocycles. The summed E-state index contributed by atoms with van der Waals surface area (Å²) < 4.78 is 5.98. The van der Waals surface area contributed by atoms with Crippen molar-refractivity contribution in [3.63, 3.8) is 0 Å². The first-order valence-corrected chi connectivity index (χ1v) is 9.24. The van der Waals surface area contributed by atoms with Crippen LogP contribution in [0.15, 0.2) is 21.8 Å². The van der Waals surface area contributed by atoms with Crippen molar-refractivity contribution in [2.45, 2.75) is 52.3 Å². The minimum Gasteiger partial charge on any atom is -0.377 e. The molecule has 122 valence electrons. The second-order valence-electron chi connectivity index (χ2n) is 6.87. The number of nitrogens with one attached hydrogen (secondary N) is 2. The van der Waals surface area contributed by atoms with Gasteiger partial charge in [-0.1, -0.05) is 13.8 Å². The summed E-state index contributed by atoms with van der Waals surface area (Å²) in [6, 6.07) is 2.58. The third kappa shape index (κ3) is 3.01. The number of hydrogen-bond acceptors (Lipinski definition) is 3. The molecule has 22 heavy (non-hydrogen) atoms. The molecular formula is C17H27N3OS. The van der Waals surface area contributed by atoms with E-state index in [1.54, 1.807) is 11.3 Å². The number of aliphatic imine (C=N–C) groups is 1. The molecule has 1 saturated heterocycles. The van der Waals surface area contributed by atoms with Crippen LogP contribution in [0, 0.1) is 11.3 Å². The molecule has 1 aliphatic carbocycles. The van der Waals surface area contributed by atoms with Gasteiger partial charge >= 0.3 is 0 Å². The number of thiophene rings is 1. The molecule has 0 amide bonds. The van der Waals surface area contributed by atoms with Crippen LogP contribution in [-0.4, -0.2) is 31.3 Å². The molecule has 3 rings (SSSR count). The summed E-state index contributed by atoms with van der Waals surface area (Å²) in [4.78, 5) is 4.74. The Kier molecular flexibility index (Phi) is 4.73. The molecule has 5 heteroatoms. The van der Waals surface area contributed by atoms with Crippen molar-refractivity contribution in [2.24, 2.45) is 16.3 Å². The summed E-state index contributed by atoms with van der Waals surface area (Å²) in [6.45, 7) is 9.26. The van der Waals surface area contributed by atoms with Gasteiger partial charge in [0.25, 0.3) is 0 Å². The highest BCUT2D eigenvalue weighted by Gasteiger charge is 2.58. The topological polar surface area (TPSA) is 45.7 Å². The van der Waals surface area contributed by atoms with Crippen molar-refractivity contribution in [3.8, 4) is 0 Å². The zero-order valence-corrected chi connectivity index (χ0v) is 14.6. The molecule has 2 N–H and O–H groups in total. The summed E-state index contributed by atoms with van der Waals surface area (Å²) >= 11 is 1.72. The first kappa shape index (κ1) is 15.8. The molecule has 1 aromatic heterocycles. The summed E-state index contributed by atoms with van der Waals surface area (Å²) in [7, 11) is 0. The number of hydrogen-bond donors (Lipinski definition) is 2. The normalized spacial score (nSPS) is 30.3. The van der Waals surface area contributed by atoms with Crippen molar-refractivity contribution in [1.82, 2.24) is 10.6 Å². The van der Waals surface area contributed by atoms with Gasteiger partial charge in [0.15, 0.2) is 5.96 Å². The van der Waals surface area contributed by atoms with Crippen molar-refractivity contribution in [1.29, 1.82) is 0 Å². The molecule has 1 aliphatic heterocycles. The lowest BCUT2D eigenvalue weighted by Gasteiger charge is -2.60. The highest BCUT2D eigenvalue weighted by atomic mass is 32.1. The fourth-order valence-electron chi connectivity index (χ4n) is 3.84. The Morgan fingerprint density at radius 1 is 1.50 bits per heavy atom. The van der Waals surface area contributed by atoms with Crippen LogP contribution in [-0.2, 0) is 11.3 Å². The van der Waals surface area contributed by atoms with Crippen LogP contribution in [0.5, 0.6) is 0 Å². The Hall–Kier alpha value is -1.07. The van der Waals surface area contributed by atoms with Crippen molar-refractivity contribution < 1.29 is 4.74 Å². The van der Waals surface area contributed by atoms with Gasteiger partial charge in [-0.3, -0.25) is 0 Å². The van der Waals surface area contributed by atoms with E-state index in [2.05, 4.69) is 48.2 Å². The molecule has 1 saturated carbocycles. The van der Waals surface area contributed by atoms with Crippen LogP contribution >= 0.6 is 11.3 Å². The molecule has 0 radical (unpaired) electrons. The number of rotatable bonds is 4. The van der Waals surface area contributed by atoms with Crippen LogP contribution in [0.3, 0.4) is 0 Å². The van der Waals surface area contributed by atoms with Crippen LogP contribution in [0.1, 0.15) is 39.2 Å². The van der Waals surface area contributed by atoms with E-state index in [4.69, 9.17) is 9.73 Å². The monoisotopic (exact) mass is 321 g/mol. The predicted octanol–water partition coefficient (Wildman–Crippen LogP) is 3.01. The van der Waals surface area contributed by atoms with E-state index in [1.165, 1.54) is 18.4 Å². The Labute approximate surface area is 137 Å². The zero-order chi connectivity index (χ0) is 15.6. The van der Waals surface area contributed by atoms with Gasteiger partial charge in [-0.15, -0.1) is 0 Å². The summed E-state index contributed by atoms with van der Waals surface area (Å²) in [5.74, 6) is 1.55. The minimum absolute atomic E-state index is 0.170. The van der Waals surface area contributed by atoms with Gasteiger partial charge in [0.05, 0.1) is 12.6 Å². The highest BCUT2D eigenvalue weighted by Crippen LogP contribution is 2.51. The smallest absolute Gasteiger partial charge is 0.191 e. The van der Waals surface area contributed by atoms with Crippen LogP contribution in [0.2, 0.25) is 0 Å². The molecule has 2 fully saturated rings. The Bertz CT molecular complexity index is 512. The van der Waals surface area contributed by atoms with Crippen molar-refractivity contribution in [2.75, 3.05) is 13.2 Å². The second kappa shape index (κ2) is 6.59. The third-order valence-electron chi connectivity index (χ3n) is 4.97. The number of fused-ring (bicyclic) bond motifs is 1. The van der Waals surface area contributed by atoms with Gasteiger partial charge in [-0.2, -0.15) is 11.3 Å². The molecule has 3 unspecified atom stereocenters. The van der Waals surface area contributed by atoms with E-state index in [9.17, 15) is 0 Å². The number of ether oxygens (including phenoxy) is 1. The fraction of sp³-hybridized carbons (Fsp3) is 0.706.